The van der Waals surface area contributed by atoms with Crippen molar-refractivity contribution in [1.29, 1.82) is 0 Å². The van der Waals surface area contributed by atoms with Crippen LogP contribution in [0.3, 0.4) is 0 Å². The summed E-state index contributed by atoms with van der Waals surface area (Å²) >= 11 is 0. The monoisotopic (exact) mass is 251 g/mol. The highest BCUT2D eigenvalue weighted by Crippen LogP contribution is 2.14. The number of nitrogens with zero attached hydrogens (tertiary/aromatic N) is 2. The molecule has 1 aromatic carbocycles. The molecule has 6 heteroatoms. The molecule has 0 spiro atoms. The molecule has 4 nitrogen and oxygen atoms in total. The van der Waals surface area contributed by atoms with Crippen LogP contribution in [0.2, 0.25) is 0 Å². The number of benzene rings is 1. The third kappa shape index (κ3) is 2.37. The Morgan fingerprint density at radius 2 is 2.00 bits per heavy atom. The van der Waals surface area contributed by atoms with Gasteiger partial charge in [-0.15, -0.1) is 0 Å². The molecule has 0 fully saturated rings. The zero-order chi connectivity index (χ0) is 13.3. The standard InChI is InChI=1S/C12H11F2N3O/c1-7-5-11(16-17(7)2)12(18)15-8-3-4-9(13)10(14)6-8/h3-6H,1-2H3,(H,15,18). The number of aryl methyl sites for hydroxylation is 2. The van der Waals surface area contributed by atoms with Gasteiger partial charge in [-0.25, -0.2) is 8.78 Å². The minimum Gasteiger partial charge on any atom is -0.320 e. The molecule has 2 aromatic rings. The summed E-state index contributed by atoms with van der Waals surface area (Å²) in [5.74, 6) is -2.43. The minimum absolute atomic E-state index is 0.183. The van der Waals surface area contributed by atoms with Gasteiger partial charge in [0.15, 0.2) is 17.3 Å². The molecule has 2 rings (SSSR count). The van der Waals surface area contributed by atoms with Gasteiger partial charge in [0.2, 0.25) is 0 Å². The number of hydrogen-bond donors (Lipinski definition) is 1. The molecule has 0 aliphatic rings. The number of aromatic nitrogens is 2. The van der Waals surface area contributed by atoms with Gasteiger partial charge >= 0.3 is 0 Å². The van der Waals surface area contributed by atoms with E-state index in [1.54, 1.807) is 24.7 Å². The molecule has 0 bridgehead atoms. The predicted molar refractivity (Wildman–Crippen MR) is 62.3 cm³/mol. The van der Waals surface area contributed by atoms with E-state index in [1.165, 1.54) is 6.07 Å². The molecule has 0 unspecified atom stereocenters. The van der Waals surface area contributed by atoms with Crippen molar-refractivity contribution < 1.29 is 13.6 Å². The van der Waals surface area contributed by atoms with Gasteiger partial charge in [0.05, 0.1) is 0 Å². The maximum absolute atomic E-state index is 13.0. The highest BCUT2D eigenvalue weighted by molar-refractivity contribution is 6.02. The number of amides is 1. The summed E-state index contributed by atoms with van der Waals surface area (Å²) in [6.45, 7) is 1.81. The number of hydrogen-bond acceptors (Lipinski definition) is 2. The molecule has 0 atom stereocenters. The lowest BCUT2D eigenvalue weighted by Gasteiger charge is -2.03. The summed E-state index contributed by atoms with van der Waals surface area (Å²) in [6, 6.07) is 4.76. The first-order valence-corrected chi connectivity index (χ1v) is 5.24. The van der Waals surface area contributed by atoms with E-state index in [2.05, 4.69) is 10.4 Å². The number of carbonyl (C=O) groups excluding carboxylic acids is 1. The van der Waals surface area contributed by atoms with Crippen molar-refractivity contribution in [3.05, 3.63) is 47.3 Å². The number of carbonyl (C=O) groups is 1. The molecule has 0 aliphatic carbocycles. The van der Waals surface area contributed by atoms with Crippen LogP contribution in [0.5, 0.6) is 0 Å². The van der Waals surface area contributed by atoms with E-state index in [-0.39, 0.29) is 11.4 Å². The Kier molecular flexibility index (Phi) is 3.10. The molecule has 0 aliphatic heterocycles. The van der Waals surface area contributed by atoms with Crippen LogP contribution in [0.25, 0.3) is 0 Å². The van der Waals surface area contributed by atoms with Crippen molar-refractivity contribution >= 4 is 11.6 Å². The van der Waals surface area contributed by atoms with Crippen molar-refractivity contribution in [2.75, 3.05) is 5.32 Å². The van der Waals surface area contributed by atoms with Crippen LogP contribution in [0.1, 0.15) is 16.2 Å². The first kappa shape index (κ1) is 12.2. The molecular formula is C12H11F2N3O. The van der Waals surface area contributed by atoms with Gasteiger partial charge in [-0.3, -0.25) is 9.48 Å². The Balaban J connectivity index is 2.18. The lowest BCUT2D eigenvalue weighted by atomic mass is 10.3. The third-order valence-electron chi connectivity index (χ3n) is 2.52. The zero-order valence-corrected chi connectivity index (χ0v) is 9.87. The summed E-state index contributed by atoms with van der Waals surface area (Å²) in [4.78, 5) is 11.8. The topological polar surface area (TPSA) is 46.9 Å². The van der Waals surface area contributed by atoms with Crippen molar-refractivity contribution in [2.45, 2.75) is 6.92 Å². The fourth-order valence-electron chi connectivity index (χ4n) is 1.44. The maximum atomic E-state index is 13.0. The lowest BCUT2D eigenvalue weighted by molar-refractivity contribution is 0.102. The van der Waals surface area contributed by atoms with Crippen LogP contribution in [0.15, 0.2) is 24.3 Å². The molecule has 18 heavy (non-hydrogen) atoms. The number of anilines is 1. The fraction of sp³-hybridized carbons (Fsp3) is 0.167. The van der Waals surface area contributed by atoms with E-state index in [0.717, 1.165) is 17.8 Å². The van der Waals surface area contributed by atoms with Gasteiger partial charge < -0.3 is 5.32 Å². The normalized spacial score (nSPS) is 10.4. The van der Waals surface area contributed by atoms with Crippen LogP contribution in [0, 0.1) is 18.6 Å². The van der Waals surface area contributed by atoms with Crippen LogP contribution >= 0.6 is 0 Å². The van der Waals surface area contributed by atoms with Crippen molar-refractivity contribution in [3.8, 4) is 0 Å². The molecule has 0 saturated carbocycles. The summed E-state index contributed by atoms with van der Waals surface area (Å²) in [5, 5.41) is 6.43. The van der Waals surface area contributed by atoms with Crippen LogP contribution in [0.4, 0.5) is 14.5 Å². The van der Waals surface area contributed by atoms with E-state index >= 15 is 0 Å². The van der Waals surface area contributed by atoms with Gasteiger partial charge in [-0.1, -0.05) is 0 Å². The van der Waals surface area contributed by atoms with Gasteiger partial charge in [-0.05, 0) is 25.1 Å². The van der Waals surface area contributed by atoms with E-state index in [4.69, 9.17) is 0 Å². The van der Waals surface area contributed by atoms with E-state index in [1.807, 2.05) is 0 Å². The van der Waals surface area contributed by atoms with Gasteiger partial charge in [-0.2, -0.15) is 5.10 Å². The van der Waals surface area contributed by atoms with Crippen LogP contribution < -0.4 is 5.32 Å². The first-order valence-electron chi connectivity index (χ1n) is 5.24. The second kappa shape index (κ2) is 4.56. The second-order valence-electron chi connectivity index (χ2n) is 3.88. The molecule has 1 N–H and O–H groups in total. The number of nitrogens with one attached hydrogen (secondary N) is 1. The minimum atomic E-state index is -1.01. The SMILES string of the molecule is Cc1cc(C(=O)Nc2ccc(F)c(F)c2)nn1C. The zero-order valence-electron chi connectivity index (χ0n) is 9.87. The number of rotatable bonds is 2. The predicted octanol–water partition coefficient (Wildman–Crippen LogP) is 2.26. The molecular weight excluding hydrogens is 240 g/mol. The summed E-state index contributed by atoms with van der Waals surface area (Å²) in [7, 11) is 1.71. The van der Waals surface area contributed by atoms with Crippen molar-refractivity contribution in [2.24, 2.45) is 7.05 Å². The summed E-state index contributed by atoms with van der Waals surface area (Å²) < 4.78 is 27.2. The average molecular weight is 251 g/mol. The molecule has 94 valence electrons. The van der Waals surface area contributed by atoms with Gasteiger partial charge in [0, 0.05) is 24.5 Å². The van der Waals surface area contributed by atoms with Crippen molar-refractivity contribution in [1.82, 2.24) is 9.78 Å². The molecule has 1 heterocycles. The Morgan fingerprint density at radius 1 is 1.28 bits per heavy atom. The van der Waals surface area contributed by atoms with Crippen LogP contribution in [-0.4, -0.2) is 15.7 Å². The summed E-state index contributed by atoms with van der Waals surface area (Å²) in [6.07, 6.45) is 0. The van der Waals surface area contributed by atoms with Gasteiger partial charge in [0.1, 0.15) is 0 Å². The molecule has 0 radical (unpaired) electrons. The Bertz CT molecular complexity index is 588. The van der Waals surface area contributed by atoms with Crippen molar-refractivity contribution in [3.63, 3.8) is 0 Å². The summed E-state index contributed by atoms with van der Waals surface area (Å²) in [5.41, 5.74) is 1.23. The Morgan fingerprint density at radius 3 is 2.56 bits per heavy atom. The molecule has 1 amide bonds. The molecule has 1 aromatic heterocycles. The van der Waals surface area contributed by atoms with Crippen LogP contribution in [-0.2, 0) is 7.05 Å². The first-order chi connectivity index (χ1) is 8.47. The largest absolute Gasteiger partial charge is 0.320 e. The Labute approximate surface area is 102 Å². The average Bonchev–Trinajstić information content (AvgIpc) is 2.65. The fourth-order valence-corrected chi connectivity index (χ4v) is 1.44. The number of halogens is 2. The van der Waals surface area contributed by atoms with E-state index < -0.39 is 17.5 Å². The highest BCUT2D eigenvalue weighted by atomic mass is 19.2. The smallest absolute Gasteiger partial charge is 0.276 e. The molecule has 0 saturated heterocycles. The van der Waals surface area contributed by atoms with Gasteiger partial charge in [0.25, 0.3) is 5.91 Å². The van der Waals surface area contributed by atoms with E-state index in [0.29, 0.717) is 0 Å². The third-order valence-corrected chi connectivity index (χ3v) is 2.52. The lowest BCUT2D eigenvalue weighted by Crippen LogP contribution is -2.13. The maximum Gasteiger partial charge on any atom is 0.276 e. The quantitative estimate of drug-likeness (QED) is 0.889. The second-order valence-corrected chi connectivity index (χ2v) is 3.88. The highest BCUT2D eigenvalue weighted by Gasteiger charge is 2.12. The Hall–Kier alpha value is -2.24. The van der Waals surface area contributed by atoms with E-state index in [9.17, 15) is 13.6 Å².